The number of carbonyl (C=O) groups is 2. The van der Waals surface area contributed by atoms with Crippen molar-refractivity contribution in [3.8, 4) is 0 Å². The fourth-order valence-electron chi connectivity index (χ4n) is 6.71. The Kier molecular flexibility index (Phi) is 33.3. The van der Waals surface area contributed by atoms with Gasteiger partial charge in [0.2, 0.25) is 11.2 Å². The van der Waals surface area contributed by atoms with Crippen molar-refractivity contribution in [2.75, 3.05) is 13.2 Å². The van der Waals surface area contributed by atoms with E-state index in [0.29, 0.717) is 12.8 Å². The maximum Gasteiger partial charge on any atom is 0.341 e. The average Bonchev–Trinajstić information content (AvgIpc) is 3.11. The highest BCUT2D eigenvalue weighted by Crippen LogP contribution is 2.36. The number of aliphatic hydroxyl groups is 2. The van der Waals surface area contributed by atoms with Crippen molar-refractivity contribution in [2.45, 2.75) is 232 Å². The van der Waals surface area contributed by atoms with E-state index in [9.17, 15) is 19.8 Å². The van der Waals surface area contributed by atoms with E-state index in [1.807, 2.05) is 0 Å². The summed E-state index contributed by atoms with van der Waals surface area (Å²) in [5.74, 6) is -1.87. The van der Waals surface area contributed by atoms with Gasteiger partial charge in [-0.1, -0.05) is 154 Å². The summed E-state index contributed by atoms with van der Waals surface area (Å²) >= 11 is 0. The van der Waals surface area contributed by atoms with Gasteiger partial charge in [-0.15, -0.1) is 0 Å². The van der Waals surface area contributed by atoms with Crippen molar-refractivity contribution >= 4 is 11.9 Å². The van der Waals surface area contributed by atoms with Crippen LogP contribution >= 0.6 is 0 Å². The van der Waals surface area contributed by atoms with Gasteiger partial charge in [0, 0.05) is 0 Å². The summed E-state index contributed by atoms with van der Waals surface area (Å²) in [5.41, 5.74) is -4.67. The van der Waals surface area contributed by atoms with E-state index in [4.69, 9.17) is 9.47 Å². The smallest absolute Gasteiger partial charge is 0.341 e. The predicted molar refractivity (Wildman–Crippen MR) is 211 cm³/mol. The molecule has 0 radical (unpaired) electrons. The number of allylic oxidation sites excluding steroid dienone is 4. The van der Waals surface area contributed by atoms with Crippen LogP contribution in [-0.2, 0) is 19.1 Å². The van der Waals surface area contributed by atoms with E-state index in [1.54, 1.807) is 13.8 Å². The highest BCUT2D eigenvalue weighted by Gasteiger charge is 2.60. The molecule has 0 bridgehead atoms. The molecule has 2 N–H and O–H groups in total. The Balaban J connectivity index is 4.58. The molecule has 0 heterocycles. The normalized spacial score (nSPS) is 14.3. The molecule has 50 heavy (non-hydrogen) atoms. The molecule has 0 aliphatic rings. The Hall–Kier alpha value is -1.66. The van der Waals surface area contributed by atoms with Crippen LogP contribution in [0.2, 0.25) is 0 Å². The van der Waals surface area contributed by atoms with Gasteiger partial charge in [-0.05, 0) is 90.9 Å². The zero-order chi connectivity index (χ0) is 37.0. The summed E-state index contributed by atoms with van der Waals surface area (Å²) in [5, 5.41) is 23.5. The van der Waals surface area contributed by atoms with Crippen LogP contribution < -0.4 is 0 Å². The molecule has 0 rings (SSSR count). The number of carbonyl (C=O) groups excluding carboxylic acids is 2. The highest BCUT2D eigenvalue weighted by molar-refractivity contribution is 5.92. The first-order valence-electron chi connectivity index (χ1n) is 21.4. The number of unbranched alkanes of at least 4 members (excludes halogenated alkanes) is 24. The van der Waals surface area contributed by atoms with Crippen molar-refractivity contribution in [3.63, 3.8) is 0 Å². The zero-order valence-corrected chi connectivity index (χ0v) is 33.5. The van der Waals surface area contributed by atoms with Gasteiger partial charge >= 0.3 is 11.9 Å². The second kappa shape index (κ2) is 34.4. The molecule has 0 aromatic carbocycles. The van der Waals surface area contributed by atoms with Crippen LogP contribution in [0.1, 0.15) is 220 Å². The second-order valence-electron chi connectivity index (χ2n) is 14.5. The topological polar surface area (TPSA) is 93.1 Å². The third kappa shape index (κ3) is 23.7. The maximum absolute atomic E-state index is 13.1. The summed E-state index contributed by atoms with van der Waals surface area (Å²) in [6.07, 6.45) is 41.3. The molecule has 0 aliphatic heterocycles. The molecule has 0 saturated carbocycles. The number of hydrogen-bond acceptors (Lipinski definition) is 6. The predicted octanol–water partition coefficient (Wildman–Crippen LogP) is 12.4. The molecule has 294 valence electrons. The fourth-order valence-corrected chi connectivity index (χ4v) is 6.71. The second-order valence-corrected chi connectivity index (χ2v) is 14.5. The SMILES string of the molecule is CCCCCCCC/C=C\CCCCCCCCC(O)(C(=O)OCC)C(O)(CCCCCCCC/C=C\CCCCCCCC)C(=O)OCC. The van der Waals surface area contributed by atoms with E-state index >= 15 is 0 Å². The van der Waals surface area contributed by atoms with Gasteiger partial charge in [-0.25, -0.2) is 9.59 Å². The summed E-state index contributed by atoms with van der Waals surface area (Å²) < 4.78 is 10.5. The van der Waals surface area contributed by atoms with Gasteiger partial charge in [0.1, 0.15) is 0 Å². The Morgan fingerprint density at radius 3 is 0.900 bits per heavy atom. The number of rotatable bonds is 37. The van der Waals surface area contributed by atoms with E-state index in [0.717, 1.165) is 64.2 Å². The van der Waals surface area contributed by atoms with Crippen molar-refractivity contribution < 1.29 is 29.3 Å². The molecular weight excluding hydrogens is 624 g/mol. The van der Waals surface area contributed by atoms with Crippen LogP contribution in [0.5, 0.6) is 0 Å². The van der Waals surface area contributed by atoms with Crippen LogP contribution in [-0.4, -0.2) is 46.6 Å². The lowest BCUT2D eigenvalue weighted by Gasteiger charge is -2.39. The van der Waals surface area contributed by atoms with Crippen molar-refractivity contribution in [1.29, 1.82) is 0 Å². The Morgan fingerprint density at radius 2 is 0.640 bits per heavy atom. The maximum atomic E-state index is 13.1. The molecule has 0 aliphatic carbocycles. The van der Waals surface area contributed by atoms with Crippen LogP contribution in [0.4, 0.5) is 0 Å². The summed E-state index contributed by atoms with van der Waals surface area (Å²) in [7, 11) is 0. The Labute approximate surface area is 309 Å². The largest absolute Gasteiger partial charge is 0.464 e. The molecule has 2 unspecified atom stereocenters. The van der Waals surface area contributed by atoms with Crippen LogP contribution in [0.15, 0.2) is 24.3 Å². The minimum atomic E-state index is -2.34. The van der Waals surface area contributed by atoms with E-state index in [2.05, 4.69) is 38.2 Å². The van der Waals surface area contributed by atoms with E-state index < -0.39 is 23.1 Å². The van der Waals surface area contributed by atoms with Gasteiger partial charge in [-0.2, -0.15) is 0 Å². The molecule has 0 spiro atoms. The quantitative estimate of drug-likeness (QED) is 0.0379. The summed E-state index contributed by atoms with van der Waals surface area (Å²) in [6, 6.07) is 0. The van der Waals surface area contributed by atoms with Crippen LogP contribution in [0.25, 0.3) is 0 Å². The zero-order valence-electron chi connectivity index (χ0n) is 33.5. The summed E-state index contributed by atoms with van der Waals surface area (Å²) in [6.45, 7) is 7.95. The molecule has 0 aromatic rings. The van der Waals surface area contributed by atoms with Gasteiger partial charge in [0.25, 0.3) is 0 Å². The Morgan fingerprint density at radius 1 is 0.400 bits per heavy atom. The molecule has 0 fully saturated rings. The minimum Gasteiger partial charge on any atom is -0.464 e. The first-order valence-corrected chi connectivity index (χ1v) is 21.4. The highest BCUT2D eigenvalue weighted by atomic mass is 16.6. The number of hydrogen-bond donors (Lipinski definition) is 2. The van der Waals surface area contributed by atoms with Crippen molar-refractivity contribution in [3.05, 3.63) is 24.3 Å². The lowest BCUT2D eigenvalue weighted by molar-refractivity contribution is -0.216. The van der Waals surface area contributed by atoms with Crippen LogP contribution in [0, 0.1) is 0 Å². The minimum absolute atomic E-state index is 0.0330. The molecule has 0 amide bonds. The number of ether oxygens (including phenoxy) is 2. The van der Waals surface area contributed by atoms with Crippen molar-refractivity contribution in [2.24, 2.45) is 0 Å². The van der Waals surface area contributed by atoms with Gasteiger partial charge in [0.05, 0.1) is 13.2 Å². The molecule has 6 nitrogen and oxygen atoms in total. The third-order valence-electron chi connectivity index (χ3n) is 10.0. The van der Waals surface area contributed by atoms with Gasteiger partial charge in [-0.3, -0.25) is 0 Å². The fraction of sp³-hybridized carbons (Fsp3) is 0.864. The first kappa shape index (κ1) is 48.3. The van der Waals surface area contributed by atoms with Crippen molar-refractivity contribution in [1.82, 2.24) is 0 Å². The van der Waals surface area contributed by atoms with E-state index in [-0.39, 0.29) is 26.1 Å². The molecule has 0 aromatic heterocycles. The molecule has 2 atom stereocenters. The van der Waals surface area contributed by atoms with E-state index in [1.165, 1.54) is 103 Å². The lowest BCUT2D eigenvalue weighted by atomic mass is 9.75. The molecule has 6 heteroatoms. The van der Waals surface area contributed by atoms with Gasteiger partial charge in [0.15, 0.2) is 0 Å². The average molecular weight is 707 g/mol. The Bertz CT molecular complexity index is 770. The monoisotopic (exact) mass is 707 g/mol. The van der Waals surface area contributed by atoms with Crippen LogP contribution in [0.3, 0.4) is 0 Å². The summed E-state index contributed by atoms with van der Waals surface area (Å²) in [4.78, 5) is 26.3. The molecular formula is C44H82O6. The lowest BCUT2D eigenvalue weighted by Crippen LogP contribution is -2.64. The third-order valence-corrected chi connectivity index (χ3v) is 10.0. The standard InChI is InChI=1S/C44H82O6/c1-5-9-11-13-15-17-19-21-23-25-27-29-31-33-35-37-39-43(47,41(45)49-7-3)44(48,42(46)50-8-4)40-38-36-34-32-30-28-26-24-22-20-18-16-14-12-10-6-2/h21-24,47-48H,5-20,25-40H2,1-4H3/b23-21-,24-22-. The van der Waals surface area contributed by atoms with Gasteiger partial charge < -0.3 is 19.7 Å². The number of esters is 2. The first-order chi connectivity index (χ1) is 24.3. The molecule has 0 saturated heterocycles.